The van der Waals surface area contributed by atoms with E-state index in [4.69, 9.17) is 16.3 Å². The van der Waals surface area contributed by atoms with Crippen molar-refractivity contribution in [3.63, 3.8) is 0 Å². The van der Waals surface area contributed by atoms with Crippen LogP contribution in [0, 0.1) is 0 Å². The Morgan fingerprint density at radius 2 is 1.80 bits per heavy atom. The second kappa shape index (κ2) is 5.39. The molecule has 0 aliphatic carbocycles. The molecule has 0 saturated heterocycles. The van der Waals surface area contributed by atoms with Crippen molar-refractivity contribution in [2.24, 2.45) is 0 Å². The van der Waals surface area contributed by atoms with Crippen LogP contribution in [0.3, 0.4) is 0 Å². The first kappa shape index (κ1) is 12.8. The summed E-state index contributed by atoms with van der Waals surface area (Å²) in [6.45, 7) is 0. The fourth-order valence-corrected chi connectivity index (χ4v) is 2.35. The Labute approximate surface area is 122 Å². The summed E-state index contributed by atoms with van der Waals surface area (Å²) >= 11 is 6.21. The maximum Gasteiger partial charge on any atom is 0.144 e. The molecule has 0 unspecified atom stereocenters. The number of aromatic nitrogens is 2. The SMILES string of the molecule is COc1ccccc1-n1cc(-c2ccccc2Cl)cn1. The summed E-state index contributed by atoms with van der Waals surface area (Å²) in [7, 11) is 1.65. The van der Waals surface area contributed by atoms with Crippen molar-refractivity contribution in [2.75, 3.05) is 7.11 Å². The summed E-state index contributed by atoms with van der Waals surface area (Å²) in [4.78, 5) is 0. The van der Waals surface area contributed by atoms with Gasteiger partial charge in [-0.2, -0.15) is 5.10 Å². The molecule has 0 bridgehead atoms. The van der Waals surface area contributed by atoms with Gasteiger partial charge in [0, 0.05) is 22.3 Å². The lowest BCUT2D eigenvalue weighted by atomic mass is 10.1. The van der Waals surface area contributed by atoms with Gasteiger partial charge < -0.3 is 4.74 Å². The first-order chi connectivity index (χ1) is 9.79. The molecular formula is C16H13ClN2O. The van der Waals surface area contributed by atoms with Crippen LogP contribution in [0.1, 0.15) is 0 Å². The maximum atomic E-state index is 6.21. The average Bonchev–Trinajstić information content (AvgIpc) is 2.97. The monoisotopic (exact) mass is 284 g/mol. The van der Waals surface area contributed by atoms with E-state index in [0.29, 0.717) is 5.02 Å². The predicted molar refractivity (Wildman–Crippen MR) is 80.6 cm³/mol. The molecule has 100 valence electrons. The van der Waals surface area contributed by atoms with Crippen molar-refractivity contribution in [2.45, 2.75) is 0 Å². The molecule has 0 atom stereocenters. The normalized spacial score (nSPS) is 10.5. The molecule has 0 fully saturated rings. The molecule has 3 aromatic rings. The fourth-order valence-electron chi connectivity index (χ4n) is 2.11. The Hall–Kier alpha value is -2.26. The Bertz CT molecular complexity index is 737. The molecule has 1 heterocycles. The summed E-state index contributed by atoms with van der Waals surface area (Å²) in [5.74, 6) is 0.779. The Balaban J connectivity index is 2.05. The van der Waals surface area contributed by atoms with Crippen LogP contribution < -0.4 is 4.74 Å². The van der Waals surface area contributed by atoms with Crippen molar-refractivity contribution in [1.29, 1.82) is 0 Å². The van der Waals surface area contributed by atoms with Crippen LogP contribution >= 0.6 is 11.6 Å². The van der Waals surface area contributed by atoms with Gasteiger partial charge in [-0.1, -0.05) is 41.9 Å². The number of halogens is 1. The van der Waals surface area contributed by atoms with E-state index in [1.807, 2.05) is 54.7 Å². The van der Waals surface area contributed by atoms with E-state index in [9.17, 15) is 0 Å². The molecule has 0 aliphatic heterocycles. The highest BCUT2D eigenvalue weighted by molar-refractivity contribution is 6.33. The minimum Gasteiger partial charge on any atom is -0.494 e. The summed E-state index contributed by atoms with van der Waals surface area (Å²) < 4.78 is 7.14. The van der Waals surface area contributed by atoms with Crippen molar-refractivity contribution < 1.29 is 4.74 Å². The van der Waals surface area contributed by atoms with Crippen molar-refractivity contribution >= 4 is 11.6 Å². The predicted octanol–water partition coefficient (Wildman–Crippen LogP) is 4.20. The molecule has 0 saturated carbocycles. The largest absolute Gasteiger partial charge is 0.494 e. The van der Waals surface area contributed by atoms with Gasteiger partial charge in [-0.3, -0.25) is 0 Å². The van der Waals surface area contributed by atoms with Crippen LogP contribution in [0.25, 0.3) is 16.8 Å². The van der Waals surface area contributed by atoms with E-state index in [1.165, 1.54) is 0 Å². The van der Waals surface area contributed by atoms with Gasteiger partial charge in [0.25, 0.3) is 0 Å². The zero-order chi connectivity index (χ0) is 13.9. The number of nitrogens with zero attached hydrogens (tertiary/aromatic N) is 2. The number of ether oxygens (including phenoxy) is 1. The number of benzene rings is 2. The lowest BCUT2D eigenvalue weighted by molar-refractivity contribution is 0.411. The van der Waals surface area contributed by atoms with Gasteiger partial charge in [0.1, 0.15) is 11.4 Å². The van der Waals surface area contributed by atoms with Crippen LogP contribution in [0.4, 0.5) is 0 Å². The van der Waals surface area contributed by atoms with Gasteiger partial charge in [0.2, 0.25) is 0 Å². The van der Waals surface area contributed by atoms with E-state index < -0.39 is 0 Å². The van der Waals surface area contributed by atoms with Gasteiger partial charge in [-0.15, -0.1) is 0 Å². The second-order valence-electron chi connectivity index (χ2n) is 4.33. The van der Waals surface area contributed by atoms with Crippen molar-refractivity contribution in [3.8, 4) is 22.6 Å². The highest BCUT2D eigenvalue weighted by Gasteiger charge is 2.09. The van der Waals surface area contributed by atoms with Gasteiger partial charge in [0.05, 0.1) is 13.3 Å². The Kier molecular flexibility index (Phi) is 3.44. The van der Waals surface area contributed by atoms with E-state index in [-0.39, 0.29) is 0 Å². The number of rotatable bonds is 3. The molecule has 2 aromatic carbocycles. The number of hydrogen-bond donors (Lipinski definition) is 0. The van der Waals surface area contributed by atoms with Gasteiger partial charge in [-0.25, -0.2) is 4.68 Å². The van der Waals surface area contributed by atoms with E-state index in [0.717, 1.165) is 22.6 Å². The standard InChI is InChI=1S/C16H13ClN2O/c1-20-16-9-5-4-8-15(16)19-11-12(10-18-19)13-6-2-3-7-14(13)17/h2-11H,1H3. The van der Waals surface area contributed by atoms with Crippen molar-refractivity contribution in [1.82, 2.24) is 9.78 Å². The summed E-state index contributed by atoms with van der Waals surface area (Å²) in [6, 6.07) is 15.5. The third-order valence-electron chi connectivity index (χ3n) is 3.10. The number of para-hydroxylation sites is 2. The fraction of sp³-hybridized carbons (Fsp3) is 0.0625. The van der Waals surface area contributed by atoms with Crippen molar-refractivity contribution in [3.05, 3.63) is 65.9 Å². The van der Waals surface area contributed by atoms with E-state index in [2.05, 4.69) is 5.10 Å². The third-order valence-corrected chi connectivity index (χ3v) is 3.43. The smallest absolute Gasteiger partial charge is 0.144 e. The highest BCUT2D eigenvalue weighted by Crippen LogP contribution is 2.29. The zero-order valence-electron chi connectivity index (χ0n) is 11.0. The average molecular weight is 285 g/mol. The molecule has 3 rings (SSSR count). The minimum atomic E-state index is 0.715. The first-order valence-corrected chi connectivity index (χ1v) is 6.60. The molecule has 0 spiro atoms. The van der Waals surface area contributed by atoms with Crippen LogP contribution in [0.5, 0.6) is 5.75 Å². The molecule has 3 nitrogen and oxygen atoms in total. The topological polar surface area (TPSA) is 27.1 Å². The molecule has 4 heteroatoms. The zero-order valence-corrected chi connectivity index (χ0v) is 11.7. The summed E-state index contributed by atoms with van der Waals surface area (Å²) in [6.07, 6.45) is 3.74. The number of hydrogen-bond acceptors (Lipinski definition) is 2. The van der Waals surface area contributed by atoms with E-state index >= 15 is 0 Å². The van der Waals surface area contributed by atoms with Gasteiger partial charge in [-0.05, 0) is 18.2 Å². The van der Waals surface area contributed by atoms with Crippen LogP contribution in [-0.4, -0.2) is 16.9 Å². The van der Waals surface area contributed by atoms with Crippen LogP contribution in [-0.2, 0) is 0 Å². The molecule has 0 aliphatic rings. The molecule has 0 radical (unpaired) electrons. The van der Waals surface area contributed by atoms with Gasteiger partial charge >= 0.3 is 0 Å². The third kappa shape index (κ3) is 2.28. The Morgan fingerprint density at radius 1 is 1.05 bits per heavy atom. The molecule has 0 amide bonds. The van der Waals surface area contributed by atoms with E-state index in [1.54, 1.807) is 18.0 Å². The minimum absolute atomic E-state index is 0.715. The van der Waals surface area contributed by atoms with Gasteiger partial charge in [0.15, 0.2) is 0 Å². The second-order valence-corrected chi connectivity index (χ2v) is 4.73. The summed E-state index contributed by atoms with van der Waals surface area (Å²) in [5, 5.41) is 5.11. The summed E-state index contributed by atoms with van der Waals surface area (Å²) in [5.41, 5.74) is 2.84. The first-order valence-electron chi connectivity index (χ1n) is 6.22. The maximum absolute atomic E-state index is 6.21. The molecule has 0 N–H and O–H groups in total. The molecule has 20 heavy (non-hydrogen) atoms. The lowest BCUT2D eigenvalue weighted by Crippen LogP contribution is -1.97. The quantitative estimate of drug-likeness (QED) is 0.721. The highest BCUT2D eigenvalue weighted by atomic mass is 35.5. The molecular weight excluding hydrogens is 272 g/mol. The van der Waals surface area contributed by atoms with Crippen LogP contribution in [0.15, 0.2) is 60.9 Å². The molecule has 1 aromatic heterocycles. The van der Waals surface area contributed by atoms with Crippen LogP contribution in [0.2, 0.25) is 5.02 Å². The lowest BCUT2D eigenvalue weighted by Gasteiger charge is -2.07. The Morgan fingerprint density at radius 3 is 2.60 bits per heavy atom. The number of methoxy groups -OCH3 is 1.